The number of halogens is 1. The van der Waals surface area contributed by atoms with E-state index < -0.39 is 0 Å². The summed E-state index contributed by atoms with van der Waals surface area (Å²) in [6, 6.07) is 16.3. The van der Waals surface area contributed by atoms with Gasteiger partial charge >= 0.3 is 0 Å². The van der Waals surface area contributed by atoms with E-state index in [1.54, 1.807) is 10.7 Å². The lowest BCUT2D eigenvalue weighted by atomic mass is 10.1. The molecule has 5 heteroatoms. The van der Waals surface area contributed by atoms with Crippen molar-refractivity contribution in [3.05, 3.63) is 82.9 Å². The maximum atomic E-state index is 13.3. The molecule has 0 unspecified atom stereocenters. The van der Waals surface area contributed by atoms with Crippen LogP contribution in [0.5, 0.6) is 0 Å². The molecule has 0 amide bonds. The number of aliphatic hydroxyl groups is 1. The van der Waals surface area contributed by atoms with Gasteiger partial charge in [0.2, 0.25) is 0 Å². The fourth-order valence-corrected chi connectivity index (χ4v) is 2.41. The van der Waals surface area contributed by atoms with Crippen LogP contribution in [0.25, 0.3) is 0 Å². The van der Waals surface area contributed by atoms with Gasteiger partial charge < -0.3 is 5.11 Å². The third kappa shape index (κ3) is 3.20. The molecule has 0 aliphatic rings. The summed E-state index contributed by atoms with van der Waals surface area (Å²) in [5, 5.41) is 17.6. The Balaban J connectivity index is 1.90. The second-order valence-corrected chi connectivity index (χ2v) is 5.09. The lowest BCUT2D eigenvalue weighted by Gasteiger charge is -2.08. The second-order valence-electron chi connectivity index (χ2n) is 5.09. The standard InChI is InChI=1S/C17H16FN3O/c18-15-8-4-7-14(9-15)11-21-17(16(12-22)19-20-21)10-13-5-2-1-3-6-13/h1-9,22H,10-12H2. The highest BCUT2D eigenvalue weighted by Gasteiger charge is 2.13. The van der Waals surface area contributed by atoms with Gasteiger partial charge in [0.25, 0.3) is 0 Å². The minimum absolute atomic E-state index is 0.161. The Bertz CT molecular complexity index is 756. The molecule has 2 aromatic carbocycles. The monoisotopic (exact) mass is 297 g/mol. The zero-order chi connectivity index (χ0) is 15.4. The van der Waals surface area contributed by atoms with E-state index >= 15 is 0 Å². The fourth-order valence-electron chi connectivity index (χ4n) is 2.41. The van der Waals surface area contributed by atoms with Crippen LogP contribution >= 0.6 is 0 Å². The van der Waals surface area contributed by atoms with Crippen molar-refractivity contribution in [2.24, 2.45) is 0 Å². The Morgan fingerprint density at radius 2 is 1.77 bits per heavy atom. The highest BCUT2D eigenvalue weighted by atomic mass is 19.1. The van der Waals surface area contributed by atoms with Crippen molar-refractivity contribution in [2.75, 3.05) is 0 Å². The van der Waals surface area contributed by atoms with Crippen molar-refractivity contribution in [2.45, 2.75) is 19.6 Å². The summed E-state index contributed by atoms with van der Waals surface area (Å²) in [5.74, 6) is -0.274. The molecule has 0 saturated carbocycles. The van der Waals surface area contributed by atoms with Crippen LogP contribution in [-0.2, 0) is 19.6 Å². The summed E-state index contributed by atoms with van der Waals surface area (Å²) >= 11 is 0. The third-order valence-corrected chi connectivity index (χ3v) is 3.50. The summed E-state index contributed by atoms with van der Waals surface area (Å²) in [6.45, 7) is 0.262. The van der Waals surface area contributed by atoms with Gasteiger partial charge in [0.15, 0.2) is 0 Å². The topological polar surface area (TPSA) is 50.9 Å². The molecule has 1 heterocycles. The number of nitrogens with zero attached hydrogens (tertiary/aromatic N) is 3. The van der Waals surface area contributed by atoms with E-state index in [2.05, 4.69) is 10.3 Å². The van der Waals surface area contributed by atoms with Gasteiger partial charge in [-0.2, -0.15) is 0 Å². The molecular formula is C17H16FN3O. The molecule has 0 aliphatic carbocycles. The SMILES string of the molecule is OCc1nnn(Cc2cccc(F)c2)c1Cc1ccccc1. The van der Waals surface area contributed by atoms with Crippen LogP contribution in [0.3, 0.4) is 0 Å². The van der Waals surface area contributed by atoms with E-state index in [0.717, 1.165) is 16.8 Å². The van der Waals surface area contributed by atoms with Crippen LogP contribution in [0.15, 0.2) is 54.6 Å². The van der Waals surface area contributed by atoms with Gasteiger partial charge in [-0.25, -0.2) is 9.07 Å². The Kier molecular flexibility index (Phi) is 4.25. The maximum absolute atomic E-state index is 13.3. The van der Waals surface area contributed by atoms with E-state index in [4.69, 9.17) is 0 Å². The molecule has 0 spiro atoms. The second kappa shape index (κ2) is 6.49. The molecule has 112 valence electrons. The van der Waals surface area contributed by atoms with Crippen LogP contribution in [-0.4, -0.2) is 20.1 Å². The molecular weight excluding hydrogens is 281 g/mol. The molecule has 0 radical (unpaired) electrons. The van der Waals surface area contributed by atoms with Crippen molar-refractivity contribution >= 4 is 0 Å². The Morgan fingerprint density at radius 3 is 2.50 bits per heavy atom. The number of benzene rings is 2. The van der Waals surface area contributed by atoms with E-state index in [1.807, 2.05) is 36.4 Å². The lowest BCUT2D eigenvalue weighted by Crippen LogP contribution is -2.08. The van der Waals surface area contributed by atoms with Gasteiger partial charge in [0.05, 0.1) is 18.8 Å². The summed E-state index contributed by atoms with van der Waals surface area (Å²) in [5.41, 5.74) is 3.32. The van der Waals surface area contributed by atoms with Crippen molar-refractivity contribution in [1.29, 1.82) is 0 Å². The number of hydrogen-bond donors (Lipinski definition) is 1. The van der Waals surface area contributed by atoms with Gasteiger partial charge in [-0.1, -0.05) is 47.7 Å². The minimum Gasteiger partial charge on any atom is -0.390 e. The van der Waals surface area contributed by atoms with E-state index in [9.17, 15) is 9.50 Å². The van der Waals surface area contributed by atoms with Crippen LogP contribution in [0, 0.1) is 5.82 Å². The Morgan fingerprint density at radius 1 is 1.00 bits per heavy atom. The largest absolute Gasteiger partial charge is 0.390 e. The zero-order valence-corrected chi connectivity index (χ0v) is 12.0. The van der Waals surface area contributed by atoms with Gasteiger partial charge in [-0.15, -0.1) is 5.10 Å². The van der Waals surface area contributed by atoms with Crippen LogP contribution in [0.2, 0.25) is 0 Å². The van der Waals surface area contributed by atoms with E-state index in [1.165, 1.54) is 12.1 Å². The molecule has 3 rings (SSSR count). The predicted octanol–water partition coefficient (Wildman–Crippen LogP) is 2.55. The lowest BCUT2D eigenvalue weighted by molar-refractivity contribution is 0.275. The number of hydrogen-bond acceptors (Lipinski definition) is 3. The maximum Gasteiger partial charge on any atom is 0.123 e. The highest BCUT2D eigenvalue weighted by molar-refractivity contribution is 5.25. The first-order valence-corrected chi connectivity index (χ1v) is 7.06. The normalized spacial score (nSPS) is 10.8. The van der Waals surface area contributed by atoms with Crippen molar-refractivity contribution in [3.63, 3.8) is 0 Å². The van der Waals surface area contributed by atoms with Crippen molar-refractivity contribution in [3.8, 4) is 0 Å². The molecule has 0 fully saturated rings. The van der Waals surface area contributed by atoms with Gasteiger partial charge in [0, 0.05) is 6.42 Å². The average Bonchev–Trinajstić information content (AvgIpc) is 2.90. The van der Waals surface area contributed by atoms with Crippen molar-refractivity contribution < 1.29 is 9.50 Å². The third-order valence-electron chi connectivity index (χ3n) is 3.50. The summed E-state index contributed by atoms with van der Waals surface area (Å²) in [6.07, 6.45) is 0.624. The van der Waals surface area contributed by atoms with E-state index in [0.29, 0.717) is 18.7 Å². The highest BCUT2D eigenvalue weighted by Crippen LogP contribution is 2.15. The first-order chi connectivity index (χ1) is 10.8. The molecule has 0 bridgehead atoms. The van der Waals surface area contributed by atoms with Gasteiger partial charge in [-0.3, -0.25) is 0 Å². The van der Waals surface area contributed by atoms with E-state index in [-0.39, 0.29) is 12.4 Å². The smallest absolute Gasteiger partial charge is 0.123 e. The number of aliphatic hydroxyl groups excluding tert-OH is 1. The number of rotatable bonds is 5. The molecule has 4 nitrogen and oxygen atoms in total. The molecule has 3 aromatic rings. The summed E-state index contributed by atoms with van der Waals surface area (Å²) in [7, 11) is 0. The van der Waals surface area contributed by atoms with Gasteiger partial charge in [-0.05, 0) is 23.3 Å². The fraction of sp³-hybridized carbons (Fsp3) is 0.176. The van der Waals surface area contributed by atoms with Crippen LogP contribution < -0.4 is 0 Å². The van der Waals surface area contributed by atoms with Crippen LogP contribution in [0.1, 0.15) is 22.5 Å². The first kappa shape index (κ1) is 14.4. The molecule has 1 N–H and O–H groups in total. The molecule has 22 heavy (non-hydrogen) atoms. The molecule has 1 aromatic heterocycles. The Hall–Kier alpha value is -2.53. The minimum atomic E-state index is -0.274. The van der Waals surface area contributed by atoms with Crippen molar-refractivity contribution in [1.82, 2.24) is 15.0 Å². The molecule has 0 aliphatic heterocycles. The zero-order valence-electron chi connectivity index (χ0n) is 12.0. The molecule has 0 saturated heterocycles. The first-order valence-electron chi connectivity index (χ1n) is 7.06. The summed E-state index contributed by atoms with van der Waals surface area (Å²) in [4.78, 5) is 0. The average molecular weight is 297 g/mol. The predicted molar refractivity (Wildman–Crippen MR) is 80.7 cm³/mol. The summed E-state index contributed by atoms with van der Waals surface area (Å²) < 4.78 is 15.0. The number of aromatic nitrogens is 3. The Labute approximate surface area is 127 Å². The quantitative estimate of drug-likeness (QED) is 0.787. The molecule has 0 atom stereocenters. The van der Waals surface area contributed by atoms with Gasteiger partial charge in [0.1, 0.15) is 11.5 Å². The van der Waals surface area contributed by atoms with Crippen LogP contribution in [0.4, 0.5) is 4.39 Å².